The Kier molecular flexibility index (Phi) is 5.62. The van der Waals surface area contributed by atoms with Gasteiger partial charge in [0.05, 0.1) is 12.2 Å². The van der Waals surface area contributed by atoms with Gasteiger partial charge in [-0.3, -0.25) is 4.68 Å². The Morgan fingerprint density at radius 3 is 2.71 bits per heavy atom. The van der Waals surface area contributed by atoms with Gasteiger partial charge in [-0.2, -0.15) is 5.10 Å². The lowest BCUT2D eigenvalue weighted by Crippen LogP contribution is -2.15. The molecule has 1 N–H and O–H groups in total. The zero-order valence-corrected chi connectivity index (χ0v) is 13.7. The van der Waals surface area contributed by atoms with Crippen LogP contribution in [0.3, 0.4) is 0 Å². The van der Waals surface area contributed by atoms with Crippen LogP contribution in [0.15, 0.2) is 30.7 Å². The fourth-order valence-electron chi connectivity index (χ4n) is 2.61. The summed E-state index contributed by atoms with van der Waals surface area (Å²) in [6.07, 6.45) is 9.94. The number of nitrogens with zero attached hydrogens (tertiary/aromatic N) is 3. The van der Waals surface area contributed by atoms with Gasteiger partial charge in [0.25, 0.3) is 0 Å². The van der Waals surface area contributed by atoms with E-state index in [0.717, 1.165) is 18.7 Å². The van der Waals surface area contributed by atoms with Gasteiger partial charge >= 0.3 is 0 Å². The Labute approximate surface area is 128 Å². The molecule has 4 heteroatoms. The molecule has 0 amide bonds. The van der Waals surface area contributed by atoms with Crippen molar-refractivity contribution < 1.29 is 0 Å². The largest absolute Gasteiger partial charge is 0.348 e. The monoisotopic (exact) mass is 288 g/mol. The average molecular weight is 288 g/mol. The summed E-state index contributed by atoms with van der Waals surface area (Å²) >= 11 is 0. The molecule has 0 fully saturated rings. The maximum Gasteiger partial charge on any atom is 0.0821 e. The van der Waals surface area contributed by atoms with Crippen LogP contribution in [-0.4, -0.2) is 21.4 Å². The van der Waals surface area contributed by atoms with Gasteiger partial charge in [0.1, 0.15) is 0 Å². The Bertz CT molecular complexity index is 540. The Balaban J connectivity index is 2.03. The van der Waals surface area contributed by atoms with Gasteiger partial charge in [-0.1, -0.05) is 20.3 Å². The molecule has 2 aromatic rings. The predicted octanol–water partition coefficient (Wildman–Crippen LogP) is 3.76. The van der Waals surface area contributed by atoms with Crippen LogP contribution in [0.1, 0.15) is 63.4 Å². The second-order valence-corrected chi connectivity index (χ2v) is 5.79. The van der Waals surface area contributed by atoms with Gasteiger partial charge in [0, 0.05) is 30.7 Å². The number of hydrogen-bond acceptors (Lipinski definition) is 2. The summed E-state index contributed by atoms with van der Waals surface area (Å²) < 4.78 is 4.28. The summed E-state index contributed by atoms with van der Waals surface area (Å²) in [6, 6.07) is 5.25. The fraction of sp³-hybridized carbons (Fsp3) is 0.588. The van der Waals surface area contributed by atoms with Crippen molar-refractivity contribution in [2.45, 2.75) is 58.7 Å². The molecule has 2 rings (SSSR count). The molecule has 0 radical (unpaired) electrons. The highest BCUT2D eigenvalue weighted by atomic mass is 15.3. The SMILES string of the molecule is CCCC(NC)c1ccn(Cc2ccn(C(C)CC)n2)c1. The van der Waals surface area contributed by atoms with Crippen molar-refractivity contribution in [2.75, 3.05) is 7.05 Å². The second kappa shape index (κ2) is 7.46. The highest BCUT2D eigenvalue weighted by Gasteiger charge is 2.10. The standard InChI is InChI=1S/C17H28N4/c1-5-7-17(18-4)15-8-10-20(12-15)13-16-9-11-21(19-16)14(3)6-2/h8-12,14,17-18H,5-7,13H2,1-4H3. The molecule has 0 aliphatic carbocycles. The lowest BCUT2D eigenvalue weighted by molar-refractivity contribution is 0.472. The zero-order valence-electron chi connectivity index (χ0n) is 13.7. The van der Waals surface area contributed by atoms with Crippen molar-refractivity contribution in [3.8, 4) is 0 Å². The molecule has 0 bridgehead atoms. The summed E-state index contributed by atoms with van der Waals surface area (Å²) in [6.45, 7) is 7.46. The number of nitrogens with one attached hydrogen (secondary N) is 1. The first-order chi connectivity index (χ1) is 10.2. The smallest absolute Gasteiger partial charge is 0.0821 e. The summed E-state index contributed by atoms with van der Waals surface area (Å²) in [4.78, 5) is 0. The van der Waals surface area contributed by atoms with Gasteiger partial charge < -0.3 is 9.88 Å². The van der Waals surface area contributed by atoms with Crippen LogP contribution in [0.4, 0.5) is 0 Å². The lowest BCUT2D eigenvalue weighted by Gasteiger charge is -2.13. The molecule has 2 heterocycles. The molecule has 2 aromatic heterocycles. The predicted molar refractivity (Wildman–Crippen MR) is 87.5 cm³/mol. The fourth-order valence-corrected chi connectivity index (χ4v) is 2.61. The molecule has 0 saturated carbocycles. The van der Waals surface area contributed by atoms with Crippen molar-refractivity contribution in [1.82, 2.24) is 19.7 Å². The van der Waals surface area contributed by atoms with Crippen LogP contribution in [0.5, 0.6) is 0 Å². The Morgan fingerprint density at radius 2 is 2.05 bits per heavy atom. The molecule has 2 atom stereocenters. The Morgan fingerprint density at radius 1 is 1.24 bits per heavy atom. The first-order valence-electron chi connectivity index (χ1n) is 8.04. The van der Waals surface area contributed by atoms with E-state index in [9.17, 15) is 0 Å². The third-order valence-electron chi connectivity index (χ3n) is 4.15. The molecule has 21 heavy (non-hydrogen) atoms. The van der Waals surface area contributed by atoms with Crippen LogP contribution in [0, 0.1) is 0 Å². The highest BCUT2D eigenvalue weighted by molar-refractivity contribution is 5.16. The minimum Gasteiger partial charge on any atom is -0.348 e. The van der Waals surface area contributed by atoms with Crippen molar-refractivity contribution >= 4 is 0 Å². The molecule has 0 saturated heterocycles. The lowest BCUT2D eigenvalue weighted by atomic mass is 10.1. The summed E-state index contributed by atoms with van der Waals surface area (Å²) in [7, 11) is 2.03. The minimum atomic E-state index is 0.453. The molecule has 0 aliphatic rings. The molecular weight excluding hydrogens is 260 g/mol. The molecule has 0 aromatic carbocycles. The molecular formula is C17H28N4. The van der Waals surface area contributed by atoms with Crippen LogP contribution < -0.4 is 5.32 Å². The van der Waals surface area contributed by atoms with Gasteiger partial charge in [-0.15, -0.1) is 0 Å². The molecule has 4 nitrogen and oxygen atoms in total. The second-order valence-electron chi connectivity index (χ2n) is 5.79. The van der Waals surface area contributed by atoms with Crippen LogP contribution >= 0.6 is 0 Å². The highest BCUT2D eigenvalue weighted by Crippen LogP contribution is 2.19. The topological polar surface area (TPSA) is 34.8 Å². The summed E-state index contributed by atoms with van der Waals surface area (Å²) in [5.41, 5.74) is 2.48. The summed E-state index contributed by atoms with van der Waals surface area (Å²) in [5, 5.41) is 8.06. The Hall–Kier alpha value is -1.55. The third-order valence-corrected chi connectivity index (χ3v) is 4.15. The molecule has 0 spiro atoms. The average Bonchev–Trinajstić information content (AvgIpc) is 3.14. The van der Waals surface area contributed by atoms with E-state index in [2.05, 4.69) is 71.2 Å². The summed E-state index contributed by atoms with van der Waals surface area (Å²) in [5.74, 6) is 0. The van der Waals surface area contributed by atoms with Crippen LogP contribution in [-0.2, 0) is 6.54 Å². The van der Waals surface area contributed by atoms with E-state index in [0.29, 0.717) is 12.1 Å². The van der Waals surface area contributed by atoms with Crippen molar-refractivity contribution in [1.29, 1.82) is 0 Å². The van der Waals surface area contributed by atoms with Gasteiger partial charge in [0.15, 0.2) is 0 Å². The van der Waals surface area contributed by atoms with E-state index in [1.807, 2.05) is 7.05 Å². The van der Waals surface area contributed by atoms with Crippen molar-refractivity contribution in [3.63, 3.8) is 0 Å². The normalized spacial score (nSPS) is 14.3. The zero-order chi connectivity index (χ0) is 15.2. The molecule has 116 valence electrons. The van der Waals surface area contributed by atoms with Crippen LogP contribution in [0.25, 0.3) is 0 Å². The number of hydrogen-bond donors (Lipinski definition) is 1. The maximum absolute atomic E-state index is 4.67. The van der Waals surface area contributed by atoms with Gasteiger partial charge in [-0.25, -0.2) is 0 Å². The van der Waals surface area contributed by atoms with Crippen molar-refractivity contribution in [2.24, 2.45) is 0 Å². The van der Waals surface area contributed by atoms with Gasteiger partial charge in [-0.05, 0) is 44.5 Å². The van der Waals surface area contributed by atoms with E-state index in [1.54, 1.807) is 0 Å². The van der Waals surface area contributed by atoms with E-state index in [4.69, 9.17) is 0 Å². The van der Waals surface area contributed by atoms with E-state index in [-0.39, 0.29) is 0 Å². The van der Waals surface area contributed by atoms with E-state index < -0.39 is 0 Å². The molecule has 0 aliphatic heterocycles. The maximum atomic E-state index is 4.67. The van der Waals surface area contributed by atoms with E-state index >= 15 is 0 Å². The van der Waals surface area contributed by atoms with Crippen molar-refractivity contribution in [3.05, 3.63) is 42.0 Å². The first-order valence-corrected chi connectivity index (χ1v) is 8.04. The van der Waals surface area contributed by atoms with Gasteiger partial charge in [0.2, 0.25) is 0 Å². The minimum absolute atomic E-state index is 0.453. The van der Waals surface area contributed by atoms with E-state index in [1.165, 1.54) is 18.4 Å². The number of rotatable bonds is 8. The first kappa shape index (κ1) is 15.8. The van der Waals surface area contributed by atoms with Crippen LogP contribution in [0.2, 0.25) is 0 Å². The third kappa shape index (κ3) is 3.97. The molecule has 2 unspecified atom stereocenters. The number of aromatic nitrogens is 3. The quantitative estimate of drug-likeness (QED) is 0.802.